The van der Waals surface area contributed by atoms with Gasteiger partial charge in [-0.1, -0.05) is 45.4 Å². The summed E-state index contributed by atoms with van der Waals surface area (Å²) in [5.74, 6) is -0.631. The molecule has 0 aromatic carbocycles. The molecule has 3 nitrogen and oxygen atoms in total. The van der Waals surface area contributed by atoms with E-state index in [1.165, 1.54) is 25.7 Å². The predicted octanol–water partition coefficient (Wildman–Crippen LogP) is -1.05. The molecule has 0 rings (SSSR count). The van der Waals surface area contributed by atoms with E-state index in [0.29, 0.717) is 0 Å². The molecule has 0 radical (unpaired) electrons. The maximum absolute atomic E-state index is 10.4. The molecule has 0 aliphatic rings. The minimum absolute atomic E-state index is 0. The summed E-state index contributed by atoms with van der Waals surface area (Å²) in [6, 6.07) is 0. The van der Waals surface area contributed by atoms with Crippen molar-refractivity contribution in [2.24, 2.45) is 0 Å². The molecule has 0 heterocycles. The largest absolute Gasteiger partial charge is 1.00 e. The van der Waals surface area contributed by atoms with Crippen molar-refractivity contribution in [2.75, 3.05) is 0 Å². The van der Waals surface area contributed by atoms with Gasteiger partial charge >= 0.3 is 29.6 Å². The molecule has 0 bridgehead atoms. The maximum atomic E-state index is 10.4. The fourth-order valence-electron chi connectivity index (χ4n) is 1.27. The van der Waals surface area contributed by atoms with Crippen molar-refractivity contribution in [1.29, 1.82) is 0 Å². The molecule has 0 aliphatic heterocycles. The molecule has 0 aromatic heterocycles. The Balaban J connectivity index is 0. The van der Waals surface area contributed by atoms with Crippen molar-refractivity contribution >= 4 is 5.97 Å². The summed E-state index contributed by atoms with van der Waals surface area (Å²) in [5, 5.41) is 9.59. The molecule has 14 heavy (non-hydrogen) atoms. The zero-order valence-electron chi connectivity index (χ0n) is 9.38. The van der Waals surface area contributed by atoms with Crippen LogP contribution in [0.1, 0.15) is 58.3 Å². The van der Waals surface area contributed by atoms with Crippen LogP contribution >= 0.6 is 0 Å². The van der Waals surface area contributed by atoms with Crippen molar-refractivity contribution in [2.45, 2.75) is 58.3 Å². The van der Waals surface area contributed by atoms with Gasteiger partial charge in [0.05, 0.1) is 0 Å². The number of rotatable bonds is 8. The normalized spacial score (nSPS) is 9.29. The second-order valence-electron chi connectivity index (χ2n) is 3.33. The summed E-state index contributed by atoms with van der Waals surface area (Å²) in [7, 11) is 0. The third kappa shape index (κ3) is 12.4. The molecule has 78 valence electrons. The van der Waals surface area contributed by atoms with Crippen LogP contribution in [-0.4, -0.2) is 5.97 Å². The van der Waals surface area contributed by atoms with E-state index in [4.69, 9.17) is 0 Å². The van der Waals surface area contributed by atoms with E-state index in [9.17, 15) is 10.1 Å². The molecule has 0 fully saturated rings. The summed E-state index contributed by atoms with van der Waals surface area (Å²) < 4.78 is 0. The minimum Gasteiger partial charge on any atom is -0.662 e. The second-order valence-corrected chi connectivity index (χ2v) is 3.33. The zero-order chi connectivity index (χ0) is 9.94. The molecule has 0 amide bonds. The molecule has 0 aromatic rings. The molecule has 0 N–H and O–H groups in total. The first-order chi connectivity index (χ1) is 6.31. The maximum Gasteiger partial charge on any atom is 1.00 e. The number of hydrogen-bond acceptors (Lipinski definition) is 3. The van der Waals surface area contributed by atoms with E-state index >= 15 is 0 Å². The average molecular weight is 210 g/mol. The van der Waals surface area contributed by atoms with E-state index in [2.05, 4.69) is 11.8 Å². The Morgan fingerprint density at radius 3 is 2.07 bits per heavy atom. The summed E-state index contributed by atoms with van der Waals surface area (Å²) in [4.78, 5) is 13.7. The minimum atomic E-state index is -0.631. The number of carbonyl (C=O) groups excluding carboxylic acids is 1. The van der Waals surface area contributed by atoms with E-state index in [1.807, 2.05) is 0 Å². The third-order valence-corrected chi connectivity index (χ3v) is 2.08. The molecule has 0 saturated heterocycles. The van der Waals surface area contributed by atoms with Crippen LogP contribution in [0.25, 0.3) is 0 Å². The Morgan fingerprint density at radius 2 is 1.57 bits per heavy atom. The fraction of sp³-hybridized carbons (Fsp3) is 0.900. The molecule has 4 heteroatoms. The summed E-state index contributed by atoms with van der Waals surface area (Å²) in [5.41, 5.74) is 0. The Labute approximate surface area is 108 Å². The van der Waals surface area contributed by atoms with Crippen molar-refractivity contribution in [3.63, 3.8) is 0 Å². The molecule has 0 spiro atoms. The van der Waals surface area contributed by atoms with Crippen molar-refractivity contribution in [3.05, 3.63) is 0 Å². The second kappa shape index (κ2) is 13.4. The molecular weight excluding hydrogens is 191 g/mol. The molecule has 0 aliphatic carbocycles. The van der Waals surface area contributed by atoms with Crippen LogP contribution in [0.15, 0.2) is 0 Å². The molecule has 0 unspecified atom stereocenters. The molecule has 0 atom stereocenters. The van der Waals surface area contributed by atoms with Crippen LogP contribution < -0.4 is 34.8 Å². The Bertz CT molecular complexity index is 129. The van der Waals surface area contributed by atoms with E-state index in [0.717, 1.165) is 19.3 Å². The monoisotopic (exact) mass is 210 g/mol. The van der Waals surface area contributed by atoms with Crippen LogP contribution in [0, 0.1) is 0 Å². The van der Waals surface area contributed by atoms with Gasteiger partial charge in [-0.05, 0) is 6.42 Å². The quantitative estimate of drug-likeness (QED) is 0.222. The van der Waals surface area contributed by atoms with E-state index < -0.39 is 5.97 Å². The van der Waals surface area contributed by atoms with Crippen LogP contribution in [0.2, 0.25) is 0 Å². The van der Waals surface area contributed by atoms with Gasteiger partial charge in [-0.2, -0.15) is 0 Å². The van der Waals surface area contributed by atoms with Crippen LogP contribution in [0.4, 0.5) is 0 Å². The van der Waals surface area contributed by atoms with Gasteiger partial charge in [-0.25, -0.2) is 0 Å². The first-order valence-electron chi connectivity index (χ1n) is 5.14. The van der Waals surface area contributed by atoms with Gasteiger partial charge < -0.3 is 10.1 Å². The van der Waals surface area contributed by atoms with Gasteiger partial charge in [0, 0.05) is 6.42 Å². The van der Waals surface area contributed by atoms with Gasteiger partial charge in [0.25, 0.3) is 5.97 Å². The number of hydrogen-bond donors (Lipinski definition) is 0. The van der Waals surface area contributed by atoms with Crippen LogP contribution in [0.5, 0.6) is 0 Å². The first kappa shape index (κ1) is 16.8. The van der Waals surface area contributed by atoms with Crippen LogP contribution in [0.3, 0.4) is 0 Å². The smallest absolute Gasteiger partial charge is 0.662 e. The zero-order valence-corrected chi connectivity index (χ0v) is 11.4. The van der Waals surface area contributed by atoms with Gasteiger partial charge in [-0.3, -0.25) is 4.79 Å². The van der Waals surface area contributed by atoms with Gasteiger partial charge in [0.2, 0.25) is 0 Å². The predicted molar refractivity (Wildman–Crippen MR) is 48.7 cm³/mol. The summed E-state index contributed by atoms with van der Waals surface area (Å²) >= 11 is 0. The Hall–Kier alpha value is 0.430. The van der Waals surface area contributed by atoms with Gasteiger partial charge in [0.1, 0.15) is 0 Å². The topological polar surface area (TPSA) is 49.4 Å². The first-order valence-corrected chi connectivity index (χ1v) is 5.14. The average Bonchev–Trinajstić information content (AvgIpc) is 2.16. The Kier molecular flexibility index (Phi) is 16.2. The number of carbonyl (C=O) groups is 1. The van der Waals surface area contributed by atoms with E-state index in [-0.39, 0.29) is 36.0 Å². The fourth-order valence-corrected chi connectivity index (χ4v) is 1.27. The van der Waals surface area contributed by atoms with Gasteiger partial charge in [-0.15, -0.1) is 0 Å². The number of unbranched alkanes of at least 4 members (excludes halogenated alkanes) is 6. The Morgan fingerprint density at radius 1 is 1.07 bits per heavy atom. The van der Waals surface area contributed by atoms with E-state index in [1.54, 1.807) is 0 Å². The molecule has 0 saturated carbocycles. The summed E-state index contributed by atoms with van der Waals surface area (Å²) in [6.45, 7) is 2.18. The summed E-state index contributed by atoms with van der Waals surface area (Å²) in [6.07, 6.45) is 8.31. The van der Waals surface area contributed by atoms with Gasteiger partial charge in [0.15, 0.2) is 0 Å². The van der Waals surface area contributed by atoms with Crippen LogP contribution in [-0.2, 0) is 9.68 Å². The van der Waals surface area contributed by atoms with Crippen molar-refractivity contribution in [1.82, 2.24) is 0 Å². The third-order valence-electron chi connectivity index (χ3n) is 2.08. The SMILES string of the molecule is CCCCCCCCCC(=O)O[O-].[Na+]. The van der Waals surface area contributed by atoms with Crippen molar-refractivity contribution in [3.8, 4) is 0 Å². The van der Waals surface area contributed by atoms with Crippen molar-refractivity contribution < 1.29 is 44.5 Å². The molecular formula is C10H19NaO3. The standard InChI is InChI=1S/C10H20O3.Na/c1-2-3-4-5-6-7-8-9-10(11)13-12;/h12H,2-9H2,1H3;/q;+1/p-1.